The molecule has 0 atom stereocenters. The molecule has 0 fully saturated rings. The fourth-order valence-electron chi connectivity index (χ4n) is 1.97. The predicted molar refractivity (Wildman–Crippen MR) is 74.0 cm³/mol. The molecule has 2 aromatic carbocycles. The Kier molecular flexibility index (Phi) is 4.51. The lowest BCUT2D eigenvalue weighted by Crippen LogP contribution is -2.11. The molecule has 134 valence electrons. The van der Waals surface area contributed by atoms with Crippen molar-refractivity contribution >= 4 is 11.4 Å². The summed E-state index contributed by atoms with van der Waals surface area (Å²) in [6.07, 6.45) is -9.89. The number of alkyl halides is 6. The fraction of sp³-hybridized carbons (Fsp3) is 0.143. The van der Waals surface area contributed by atoms with Crippen molar-refractivity contribution in [3.05, 3.63) is 57.6 Å². The first-order valence-electron chi connectivity index (χ1n) is 6.40. The molecule has 0 aliphatic rings. The van der Waals surface area contributed by atoms with Crippen molar-refractivity contribution in [1.82, 2.24) is 0 Å². The van der Waals surface area contributed by atoms with Gasteiger partial charge < -0.3 is 10.5 Å². The summed E-state index contributed by atoms with van der Waals surface area (Å²) in [4.78, 5) is 9.67. The summed E-state index contributed by atoms with van der Waals surface area (Å²) < 4.78 is 82.4. The summed E-state index contributed by atoms with van der Waals surface area (Å²) in [7, 11) is 0. The van der Waals surface area contributed by atoms with Gasteiger partial charge in [0, 0.05) is 0 Å². The molecule has 0 bridgehead atoms. The minimum absolute atomic E-state index is 0.301. The zero-order valence-corrected chi connectivity index (χ0v) is 12.0. The zero-order valence-electron chi connectivity index (χ0n) is 12.0. The third-order valence-corrected chi connectivity index (χ3v) is 3.05. The molecule has 0 spiro atoms. The third-order valence-electron chi connectivity index (χ3n) is 3.05. The highest BCUT2D eigenvalue weighted by molar-refractivity contribution is 5.67. The number of hydrogen-bond acceptors (Lipinski definition) is 4. The Hall–Kier alpha value is -2.98. The summed E-state index contributed by atoms with van der Waals surface area (Å²) in [6, 6.07) is 4.58. The van der Waals surface area contributed by atoms with Gasteiger partial charge in [0.2, 0.25) is 0 Å². The molecule has 0 aromatic heterocycles. The molecule has 0 aliphatic carbocycles. The average Bonchev–Trinajstić information content (AvgIpc) is 2.47. The normalized spacial score (nSPS) is 12.1. The molecule has 5 nitrogen and oxygen atoms in total. The first-order chi connectivity index (χ1) is 11.4. The van der Waals surface area contributed by atoms with E-state index >= 15 is 0 Å². The molecule has 0 heterocycles. The number of hydrogen-bond donors (Lipinski definition) is 1. The van der Waals surface area contributed by atoms with Crippen LogP contribution in [-0.2, 0) is 12.4 Å². The molecular weight excluding hydrogens is 358 g/mol. The number of nitro groups is 1. The van der Waals surface area contributed by atoms with Crippen LogP contribution < -0.4 is 10.5 Å². The van der Waals surface area contributed by atoms with Gasteiger partial charge in [-0.05, 0) is 18.2 Å². The molecule has 25 heavy (non-hydrogen) atoms. The second kappa shape index (κ2) is 6.15. The van der Waals surface area contributed by atoms with Gasteiger partial charge in [0.15, 0.2) is 0 Å². The summed E-state index contributed by atoms with van der Waals surface area (Å²) in [6.45, 7) is 0. The van der Waals surface area contributed by atoms with Crippen molar-refractivity contribution in [2.45, 2.75) is 12.4 Å². The van der Waals surface area contributed by atoms with Gasteiger partial charge in [0.1, 0.15) is 17.2 Å². The minimum Gasteiger partial charge on any atom is -0.456 e. The van der Waals surface area contributed by atoms with E-state index in [0.717, 1.165) is 12.1 Å². The maximum absolute atomic E-state index is 12.9. The SMILES string of the molecule is Nc1c([N+](=O)[O-])cc(Oc2ccccc2C(F)(F)F)cc1C(F)(F)F. The number of benzene rings is 2. The topological polar surface area (TPSA) is 78.4 Å². The van der Waals surface area contributed by atoms with Crippen molar-refractivity contribution in [3.63, 3.8) is 0 Å². The molecule has 0 amide bonds. The molecule has 0 saturated carbocycles. The number of nitrogens with zero attached hydrogens (tertiary/aromatic N) is 1. The van der Waals surface area contributed by atoms with Crippen LogP contribution in [0, 0.1) is 10.1 Å². The Bertz CT molecular complexity index is 817. The Morgan fingerprint density at radius 1 is 0.960 bits per heavy atom. The Labute approximate surface area is 135 Å². The smallest absolute Gasteiger partial charge is 0.419 e. The highest BCUT2D eigenvalue weighted by atomic mass is 19.4. The lowest BCUT2D eigenvalue weighted by atomic mass is 10.1. The van der Waals surface area contributed by atoms with Crippen molar-refractivity contribution < 1.29 is 36.0 Å². The summed E-state index contributed by atoms with van der Waals surface area (Å²) in [5.74, 6) is -1.60. The number of nitrogen functional groups attached to an aromatic ring is 1. The summed E-state index contributed by atoms with van der Waals surface area (Å²) in [5, 5.41) is 10.9. The highest BCUT2D eigenvalue weighted by Crippen LogP contribution is 2.43. The Balaban J connectivity index is 2.59. The van der Waals surface area contributed by atoms with Crippen LogP contribution in [-0.4, -0.2) is 4.92 Å². The quantitative estimate of drug-likeness (QED) is 0.359. The van der Waals surface area contributed by atoms with Crippen LogP contribution >= 0.6 is 0 Å². The fourth-order valence-corrected chi connectivity index (χ4v) is 1.97. The van der Waals surface area contributed by atoms with E-state index in [1.165, 1.54) is 6.07 Å². The highest BCUT2D eigenvalue weighted by Gasteiger charge is 2.38. The van der Waals surface area contributed by atoms with Crippen molar-refractivity contribution in [1.29, 1.82) is 0 Å². The Morgan fingerprint density at radius 3 is 2.04 bits per heavy atom. The van der Waals surface area contributed by atoms with E-state index in [1.54, 1.807) is 0 Å². The second-order valence-corrected chi connectivity index (χ2v) is 4.75. The van der Waals surface area contributed by atoms with Crippen molar-refractivity contribution in [2.24, 2.45) is 0 Å². The maximum atomic E-state index is 12.9. The largest absolute Gasteiger partial charge is 0.456 e. The van der Waals surface area contributed by atoms with Crippen LogP contribution in [0.3, 0.4) is 0 Å². The van der Waals surface area contributed by atoms with Crippen LogP contribution in [0.2, 0.25) is 0 Å². The van der Waals surface area contributed by atoms with Crippen LogP contribution in [0.4, 0.5) is 37.7 Å². The second-order valence-electron chi connectivity index (χ2n) is 4.75. The van der Waals surface area contributed by atoms with E-state index in [9.17, 15) is 36.5 Å². The average molecular weight is 366 g/mol. The molecule has 0 aliphatic heterocycles. The summed E-state index contributed by atoms with van der Waals surface area (Å²) >= 11 is 0. The van der Waals surface area contributed by atoms with Gasteiger partial charge in [-0.3, -0.25) is 10.1 Å². The van der Waals surface area contributed by atoms with Crippen LogP contribution in [0.5, 0.6) is 11.5 Å². The zero-order chi connectivity index (χ0) is 19.0. The molecule has 11 heteroatoms. The number of rotatable bonds is 3. The first-order valence-corrected chi connectivity index (χ1v) is 6.40. The number of nitrogens with two attached hydrogens (primary N) is 1. The van der Waals surface area contributed by atoms with Gasteiger partial charge in [-0.15, -0.1) is 0 Å². The van der Waals surface area contributed by atoms with Gasteiger partial charge in [0.05, 0.1) is 22.1 Å². The van der Waals surface area contributed by atoms with E-state index in [2.05, 4.69) is 0 Å². The third kappa shape index (κ3) is 3.92. The molecule has 0 unspecified atom stereocenters. The van der Waals surface area contributed by atoms with Gasteiger partial charge in [-0.1, -0.05) is 12.1 Å². The van der Waals surface area contributed by atoms with Gasteiger partial charge >= 0.3 is 12.4 Å². The van der Waals surface area contributed by atoms with E-state index in [0.29, 0.717) is 18.2 Å². The lowest BCUT2D eigenvalue weighted by Gasteiger charge is -2.15. The number of ether oxygens (including phenoxy) is 1. The van der Waals surface area contributed by atoms with Crippen LogP contribution in [0.15, 0.2) is 36.4 Å². The van der Waals surface area contributed by atoms with Crippen molar-refractivity contribution in [3.8, 4) is 11.5 Å². The molecule has 0 saturated heterocycles. The molecular formula is C14H8F6N2O3. The van der Waals surface area contributed by atoms with E-state index in [4.69, 9.17) is 10.5 Å². The van der Waals surface area contributed by atoms with Crippen LogP contribution in [0.1, 0.15) is 11.1 Å². The summed E-state index contributed by atoms with van der Waals surface area (Å²) in [5.41, 5.74) is 0.0166. The standard InChI is InChI=1S/C14H8F6N2O3/c15-13(16,17)8-3-1-2-4-11(8)25-7-5-9(14(18,19)20)12(21)10(6-7)22(23)24/h1-6H,21H2. The number of halogens is 6. The van der Waals surface area contributed by atoms with E-state index in [-0.39, 0.29) is 0 Å². The molecule has 2 aromatic rings. The van der Waals surface area contributed by atoms with Gasteiger partial charge in [-0.2, -0.15) is 26.3 Å². The lowest BCUT2D eigenvalue weighted by molar-refractivity contribution is -0.384. The predicted octanol–water partition coefficient (Wildman–Crippen LogP) is 5.01. The van der Waals surface area contributed by atoms with Gasteiger partial charge in [-0.25, -0.2) is 0 Å². The molecule has 2 rings (SSSR count). The maximum Gasteiger partial charge on any atom is 0.419 e. The minimum atomic E-state index is -5.06. The van der Waals surface area contributed by atoms with Crippen molar-refractivity contribution in [2.75, 3.05) is 5.73 Å². The van der Waals surface area contributed by atoms with Crippen LogP contribution in [0.25, 0.3) is 0 Å². The van der Waals surface area contributed by atoms with E-state index < -0.39 is 51.3 Å². The number of para-hydroxylation sites is 1. The number of nitro benzene ring substituents is 1. The van der Waals surface area contributed by atoms with Gasteiger partial charge in [0.25, 0.3) is 5.69 Å². The molecule has 2 N–H and O–H groups in total. The Morgan fingerprint density at radius 2 is 1.52 bits per heavy atom. The monoisotopic (exact) mass is 366 g/mol. The first kappa shape index (κ1) is 18.4. The number of anilines is 1. The molecule has 0 radical (unpaired) electrons. The van der Waals surface area contributed by atoms with E-state index in [1.807, 2.05) is 0 Å².